The second kappa shape index (κ2) is 5.87. The Kier molecular flexibility index (Phi) is 3.57. The fourth-order valence-corrected chi connectivity index (χ4v) is 3.80. The highest BCUT2D eigenvalue weighted by atomic mass is 15.3. The van der Waals surface area contributed by atoms with Crippen LogP contribution in [0.3, 0.4) is 0 Å². The monoisotopic (exact) mass is 362 g/mol. The van der Waals surface area contributed by atoms with Gasteiger partial charge < -0.3 is 5.32 Å². The first-order valence-corrected chi connectivity index (χ1v) is 9.71. The van der Waals surface area contributed by atoms with Crippen LogP contribution in [-0.4, -0.2) is 31.8 Å². The van der Waals surface area contributed by atoms with Crippen molar-refractivity contribution < 1.29 is 1.43 Å². The Morgan fingerprint density at radius 2 is 2.15 bits per heavy atom. The normalized spacial score (nSPS) is 19.8. The van der Waals surface area contributed by atoms with Crippen LogP contribution in [0.2, 0.25) is 0 Å². The van der Waals surface area contributed by atoms with Crippen LogP contribution < -0.4 is 5.32 Å². The van der Waals surface area contributed by atoms with Crippen molar-refractivity contribution in [2.45, 2.75) is 46.0 Å². The fourth-order valence-electron chi connectivity index (χ4n) is 3.80. The van der Waals surface area contributed by atoms with E-state index in [0.717, 1.165) is 46.8 Å². The summed E-state index contributed by atoms with van der Waals surface area (Å²) in [5.41, 5.74) is 6.64. The van der Waals surface area contributed by atoms with Crippen molar-refractivity contribution in [1.82, 2.24) is 19.6 Å². The largest absolute Gasteiger partial charge is 0.352 e. The average molecular weight is 362 g/mol. The van der Waals surface area contributed by atoms with Crippen LogP contribution >= 0.6 is 0 Å². The summed E-state index contributed by atoms with van der Waals surface area (Å²) in [6.07, 6.45) is 7.44. The third-order valence-electron chi connectivity index (χ3n) is 5.91. The van der Waals surface area contributed by atoms with Gasteiger partial charge in [0.2, 0.25) is 5.95 Å². The van der Waals surface area contributed by atoms with Crippen molar-refractivity contribution in [3.05, 3.63) is 36.3 Å². The molecule has 1 N–H and O–H groups in total. The fraction of sp³-hybridized carbons (Fsp3) is 0.429. The van der Waals surface area contributed by atoms with Crippen molar-refractivity contribution in [2.24, 2.45) is 10.4 Å². The Hall–Kier alpha value is -2.76. The van der Waals surface area contributed by atoms with Gasteiger partial charge in [-0.2, -0.15) is 0 Å². The molecule has 4 heterocycles. The molecule has 0 spiro atoms. The minimum atomic E-state index is 0. The van der Waals surface area contributed by atoms with Gasteiger partial charge in [0.25, 0.3) is 0 Å². The number of hydrogen-bond acceptors (Lipinski definition) is 5. The van der Waals surface area contributed by atoms with E-state index in [1.807, 2.05) is 23.0 Å². The predicted octanol–water partition coefficient (Wildman–Crippen LogP) is 4.85. The molecule has 140 valence electrons. The first kappa shape index (κ1) is 16.4. The molecular formula is C21H26N6. The highest BCUT2D eigenvalue weighted by Gasteiger charge is 2.37. The lowest BCUT2D eigenvalue weighted by molar-refractivity contribution is 0.606. The van der Waals surface area contributed by atoms with Gasteiger partial charge in [0.15, 0.2) is 0 Å². The summed E-state index contributed by atoms with van der Waals surface area (Å²) in [6, 6.07) is 6.19. The topological polar surface area (TPSA) is 67.5 Å². The molecule has 0 saturated heterocycles. The molecule has 3 aromatic heterocycles. The van der Waals surface area contributed by atoms with Gasteiger partial charge in [-0.05, 0) is 49.8 Å². The van der Waals surface area contributed by atoms with E-state index < -0.39 is 0 Å². The van der Waals surface area contributed by atoms with Gasteiger partial charge in [0.1, 0.15) is 0 Å². The standard InChI is InChI=1S/C21H24N6.H2/c1-4-14-13(2)24-17-6-5-16(25-19(14)17)15-7-10-27-18(15)11-22-20(26-27)23-12-21(3)8-9-21;/h5-7,10-11,14H,4,8-9,12H2,1-3H3,(H,23,26);1H. The number of aromatic nitrogens is 4. The SMILES string of the molecule is CCC1C(C)=Nc2ccc(-c3ccn4nc(NCC5(C)CC5)ncc34)nc21.[HH]. The number of pyridine rings is 1. The molecule has 1 aliphatic carbocycles. The summed E-state index contributed by atoms with van der Waals surface area (Å²) < 4.78 is 1.88. The zero-order chi connectivity index (χ0) is 18.6. The Morgan fingerprint density at radius 1 is 1.30 bits per heavy atom. The van der Waals surface area contributed by atoms with Crippen molar-refractivity contribution in [2.75, 3.05) is 11.9 Å². The smallest absolute Gasteiger partial charge is 0.241 e. The van der Waals surface area contributed by atoms with E-state index in [1.165, 1.54) is 12.8 Å². The summed E-state index contributed by atoms with van der Waals surface area (Å²) in [4.78, 5) is 14.1. The van der Waals surface area contributed by atoms with Crippen LogP contribution in [0.25, 0.3) is 16.8 Å². The number of nitrogens with zero attached hydrogens (tertiary/aromatic N) is 5. The number of nitrogens with one attached hydrogen (secondary N) is 1. The molecule has 5 rings (SSSR count). The van der Waals surface area contributed by atoms with Gasteiger partial charge >= 0.3 is 0 Å². The lowest BCUT2D eigenvalue weighted by Gasteiger charge is -2.10. The summed E-state index contributed by atoms with van der Waals surface area (Å²) in [6.45, 7) is 7.50. The lowest BCUT2D eigenvalue weighted by Crippen LogP contribution is -2.14. The van der Waals surface area contributed by atoms with Gasteiger partial charge in [-0.3, -0.25) is 4.99 Å². The van der Waals surface area contributed by atoms with E-state index in [0.29, 0.717) is 17.3 Å². The number of hydrogen-bond donors (Lipinski definition) is 1. The molecule has 2 aliphatic rings. The van der Waals surface area contributed by atoms with Gasteiger partial charge in [0, 0.05) is 31.4 Å². The van der Waals surface area contributed by atoms with Gasteiger partial charge in [0.05, 0.1) is 28.8 Å². The van der Waals surface area contributed by atoms with Crippen LogP contribution in [0.5, 0.6) is 0 Å². The molecule has 0 aromatic carbocycles. The second-order valence-corrected chi connectivity index (χ2v) is 8.12. The van der Waals surface area contributed by atoms with Crippen molar-refractivity contribution in [1.29, 1.82) is 0 Å². The average Bonchev–Trinajstić information content (AvgIpc) is 3.13. The molecule has 1 saturated carbocycles. The minimum Gasteiger partial charge on any atom is -0.352 e. The molecule has 1 unspecified atom stereocenters. The van der Waals surface area contributed by atoms with Gasteiger partial charge in [-0.1, -0.05) is 13.8 Å². The Bertz CT molecular complexity index is 1070. The zero-order valence-corrected chi connectivity index (χ0v) is 16.0. The lowest BCUT2D eigenvalue weighted by atomic mass is 9.98. The van der Waals surface area contributed by atoms with Crippen LogP contribution in [0.15, 0.2) is 35.6 Å². The molecule has 27 heavy (non-hydrogen) atoms. The molecule has 0 amide bonds. The Balaban J connectivity index is 0.00000192. The molecule has 3 aromatic rings. The second-order valence-electron chi connectivity index (χ2n) is 8.12. The summed E-state index contributed by atoms with van der Waals surface area (Å²) in [5.74, 6) is 0.999. The van der Waals surface area contributed by atoms with Crippen molar-refractivity contribution >= 4 is 22.9 Å². The van der Waals surface area contributed by atoms with Crippen molar-refractivity contribution in [3.8, 4) is 11.3 Å². The molecule has 1 aliphatic heterocycles. The highest BCUT2D eigenvalue weighted by Crippen LogP contribution is 2.44. The number of anilines is 1. The number of aliphatic imine (C=N–C) groups is 1. The van der Waals surface area contributed by atoms with E-state index in [2.05, 4.69) is 53.3 Å². The van der Waals surface area contributed by atoms with Gasteiger partial charge in [-0.25, -0.2) is 14.5 Å². The Morgan fingerprint density at radius 3 is 2.93 bits per heavy atom. The summed E-state index contributed by atoms with van der Waals surface area (Å²) in [5, 5.41) is 7.98. The van der Waals surface area contributed by atoms with E-state index in [4.69, 9.17) is 4.98 Å². The van der Waals surface area contributed by atoms with E-state index in [1.54, 1.807) is 0 Å². The summed E-state index contributed by atoms with van der Waals surface area (Å²) >= 11 is 0. The molecule has 0 bridgehead atoms. The van der Waals surface area contributed by atoms with Gasteiger partial charge in [-0.15, -0.1) is 5.10 Å². The zero-order valence-electron chi connectivity index (χ0n) is 16.0. The third-order valence-corrected chi connectivity index (χ3v) is 5.91. The van der Waals surface area contributed by atoms with E-state index in [9.17, 15) is 0 Å². The van der Waals surface area contributed by atoms with Crippen LogP contribution in [0.4, 0.5) is 11.6 Å². The van der Waals surface area contributed by atoms with Crippen LogP contribution in [0, 0.1) is 5.41 Å². The van der Waals surface area contributed by atoms with E-state index >= 15 is 0 Å². The Labute approximate surface area is 160 Å². The predicted molar refractivity (Wildman–Crippen MR) is 110 cm³/mol. The maximum atomic E-state index is 4.95. The maximum Gasteiger partial charge on any atom is 0.241 e. The summed E-state index contributed by atoms with van der Waals surface area (Å²) in [7, 11) is 0. The molecule has 1 atom stereocenters. The van der Waals surface area contributed by atoms with Crippen LogP contribution in [0.1, 0.15) is 53.1 Å². The quantitative estimate of drug-likeness (QED) is 0.704. The minimum absolute atomic E-state index is 0. The van der Waals surface area contributed by atoms with E-state index in [-0.39, 0.29) is 1.43 Å². The molecule has 0 radical (unpaired) electrons. The maximum absolute atomic E-state index is 4.95. The van der Waals surface area contributed by atoms with Crippen LogP contribution in [-0.2, 0) is 0 Å². The molecular weight excluding hydrogens is 336 g/mol. The third kappa shape index (κ3) is 2.80. The molecule has 1 fully saturated rings. The molecule has 6 nitrogen and oxygen atoms in total. The number of fused-ring (bicyclic) bond motifs is 2. The first-order chi connectivity index (χ1) is 13.1. The highest BCUT2D eigenvalue weighted by molar-refractivity contribution is 5.96. The van der Waals surface area contributed by atoms with Crippen molar-refractivity contribution in [3.63, 3.8) is 0 Å². The first-order valence-electron chi connectivity index (χ1n) is 9.71. The molecule has 6 heteroatoms. The number of rotatable bonds is 5.